The summed E-state index contributed by atoms with van der Waals surface area (Å²) in [4.78, 5) is 28.8. The number of aliphatic hydroxyl groups excluding tert-OH is 1. The van der Waals surface area contributed by atoms with Crippen molar-refractivity contribution in [2.24, 2.45) is 0 Å². The Kier molecular flexibility index (Phi) is 6.35. The Morgan fingerprint density at radius 2 is 1.81 bits per heavy atom. The summed E-state index contributed by atoms with van der Waals surface area (Å²) >= 11 is 12.6. The number of anilines is 4. The van der Waals surface area contributed by atoms with E-state index in [2.05, 4.69) is 35.9 Å². The van der Waals surface area contributed by atoms with Gasteiger partial charge in [-0.3, -0.25) is 4.79 Å². The molecule has 1 aromatic carbocycles. The number of rotatable bonds is 5. The number of aliphatic hydroxyl groups is 1. The van der Waals surface area contributed by atoms with Crippen LogP contribution >= 0.6 is 23.2 Å². The van der Waals surface area contributed by atoms with Crippen molar-refractivity contribution in [2.45, 2.75) is 44.8 Å². The predicted molar refractivity (Wildman–Crippen MR) is 121 cm³/mol. The second kappa shape index (κ2) is 9.17. The molecule has 9 nitrogen and oxygen atoms in total. The lowest BCUT2D eigenvalue weighted by atomic mass is 9.93. The first-order valence-corrected chi connectivity index (χ1v) is 10.6. The van der Waals surface area contributed by atoms with Gasteiger partial charge in [0.05, 0.1) is 28.0 Å². The highest BCUT2D eigenvalue weighted by Crippen LogP contribution is 2.35. The van der Waals surface area contributed by atoms with Crippen molar-refractivity contribution in [1.82, 2.24) is 19.9 Å². The standard InChI is InChI=1S/C20H21Cl2N7O2/c1-10(30)26-17-14(21)6-12(7-15(17)22)27-19-18-16(24-9-25-19)8-23-20(29-18)28-11-2-4-13(31)5-3-11/h6-9,11,13,31H,2-5H2,1H3,(H,26,30)(H,23,28,29)(H,24,25,27). The molecule has 2 aromatic heterocycles. The molecular weight excluding hydrogens is 441 g/mol. The van der Waals surface area contributed by atoms with Gasteiger partial charge in [-0.05, 0) is 37.8 Å². The van der Waals surface area contributed by atoms with Crippen molar-refractivity contribution in [2.75, 3.05) is 16.0 Å². The summed E-state index contributed by atoms with van der Waals surface area (Å²) in [5.41, 5.74) is 2.04. The van der Waals surface area contributed by atoms with Crippen LogP contribution in [0.5, 0.6) is 0 Å². The molecule has 31 heavy (non-hydrogen) atoms. The van der Waals surface area contributed by atoms with Crippen molar-refractivity contribution in [3.63, 3.8) is 0 Å². The monoisotopic (exact) mass is 461 g/mol. The quantitative estimate of drug-likeness (QED) is 0.446. The van der Waals surface area contributed by atoms with Gasteiger partial charge in [0.15, 0.2) is 5.82 Å². The Balaban J connectivity index is 1.59. The van der Waals surface area contributed by atoms with E-state index in [9.17, 15) is 9.90 Å². The predicted octanol–water partition coefficient (Wildman–Crippen LogP) is 4.14. The molecule has 11 heteroatoms. The second-order valence-corrected chi connectivity index (χ2v) is 8.23. The zero-order valence-corrected chi connectivity index (χ0v) is 18.2. The average Bonchev–Trinajstić information content (AvgIpc) is 2.73. The number of fused-ring (bicyclic) bond motifs is 1. The van der Waals surface area contributed by atoms with E-state index in [1.54, 1.807) is 18.3 Å². The molecule has 2 heterocycles. The lowest BCUT2D eigenvalue weighted by molar-refractivity contribution is -0.114. The molecule has 1 amide bonds. The summed E-state index contributed by atoms with van der Waals surface area (Å²) in [6, 6.07) is 3.49. The highest BCUT2D eigenvalue weighted by Gasteiger charge is 2.20. The number of nitrogens with one attached hydrogen (secondary N) is 3. The van der Waals surface area contributed by atoms with E-state index in [1.807, 2.05) is 0 Å². The van der Waals surface area contributed by atoms with Gasteiger partial charge in [0, 0.05) is 18.7 Å². The number of amides is 1. The topological polar surface area (TPSA) is 125 Å². The molecule has 162 valence electrons. The van der Waals surface area contributed by atoms with Crippen molar-refractivity contribution in [1.29, 1.82) is 0 Å². The Morgan fingerprint density at radius 3 is 2.48 bits per heavy atom. The molecule has 0 aliphatic heterocycles. The van der Waals surface area contributed by atoms with Crippen LogP contribution in [0.4, 0.5) is 23.1 Å². The van der Waals surface area contributed by atoms with Crippen molar-refractivity contribution >= 4 is 63.3 Å². The first-order chi connectivity index (χ1) is 14.9. The molecular formula is C20H21Cl2N7O2. The first-order valence-electron chi connectivity index (χ1n) is 9.85. The fraction of sp³-hybridized carbons (Fsp3) is 0.350. The zero-order chi connectivity index (χ0) is 22.0. The molecule has 3 aromatic rings. The van der Waals surface area contributed by atoms with Gasteiger partial charge in [0.2, 0.25) is 11.9 Å². The average molecular weight is 462 g/mol. The van der Waals surface area contributed by atoms with Gasteiger partial charge >= 0.3 is 0 Å². The fourth-order valence-corrected chi connectivity index (χ4v) is 4.08. The van der Waals surface area contributed by atoms with E-state index >= 15 is 0 Å². The van der Waals surface area contributed by atoms with Gasteiger partial charge in [-0.15, -0.1) is 0 Å². The largest absolute Gasteiger partial charge is 0.393 e. The molecule has 1 aliphatic rings. The molecule has 1 fully saturated rings. The highest BCUT2D eigenvalue weighted by molar-refractivity contribution is 6.40. The van der Waals surface area contributed by atoms with E-state index in [-0.39, 0.29) is 18.1 Å². The fourth-order valence-electron chi connectivity index (χ4n) is 3.50. The third-order valence-corrected chi connectivity index (χ3v) is 5.61. The Bertz CT molecular complexity index is 1100. The summed E-state index contributed by atoms with van der Waals surface area (Å²) in [7, 11) is 0. The van der Waals surface area contributed by atoms with Gasteiger partial charge in [0.25, 0.3) is 0 Å². The highest BCUT2D eigenvalue weighted by atomic mass is 35.5. The van der Waals surface area contributed by atoms with E-state index in [1.165, 1.54) is 13.3 Å². The number of hydrogen-bond donors (Lipinski definition) is 4. The summed E-state index contributed by atoms with van der Waals surface area (Å²) < 4.78 is 0. The minimum Gasteiger partial charge on any atom is -0.393 e. The third kappa shape index (κ3) is 5.12. The Labute approximate surface area is 188 Å². The smallest absolute Gasteiger partial charge is 0.223 e. The van der Waals surface area contributed by atoms with E-state index in [0.717, 1.165) is 25.7 Å². The molecule has 0 radical (unpaired) electrons. The number of nitrogens with zero attached hydrogens (tertiary/aromatic N) is 4. The number of hydrogen-bond acceptors (Lipinski definition) is 8. The lowest BCUT2D eigenvalue weighted by Crippen LogP contribution is -2.28. The van der Waals surface area contributed by atoms with Crippen molar-refractivity contribution in [3.05, 3.63) is 34.7 Å². The maximum absolute atomic E-state index is 11.3. The van der Waals surface area contributed by atoms with Crippen molar-refractivity contribution < 1.29 is 9.90 Å². The molecule has 1 saturated carbocycles. The van der Waals surface area contributed by atoms with Gasteiger partial charge in [-0.2, -0.15) is 0 Å². The minimum absolute atomic E-state index is 0.209. The summed E-state index contributed by atoms with van der Waals surface area (Å²) in [6.07, 6.45) is 6.06. The number of benzene rings is 1. The van der Waals surface area contributed by atoms with Gasteiger partial charge in [-0.25, -0.2) is 19.9 Å². The molecule has 0 bridgehead atoms. The van der Waals surface area contributed by atoms with Crippen LogP contribution in [0.15, 0.2) is 24.7 Å². The van der Waals surface area contributed by atoms with E-state index < -0.39 is 0 Å². The number of carbonyl (C=O) groups excluding carboxylic acids is 1. The number of aromatic nitrogens is 4. The van der Waals surface area contributed by atoms with Crippen LogP contribution in [-0.4, -0.2) is 43.1 Å². The van der Waals surface area contributed by atoms with Crippen LogP contribution in [0.1, 0.15) is 32.6 Å². The summed E-state index contributed by atoms with van der Waals surface area (Å²) in [6.45, 7) is 1.38. The Hall–Kier alpha value is -2.75. The van der Waals surface area contributed by atoms with Crippen LogP contribution in [0.3, 0.4) is 0 Å². The van der Waals surface area contributed by atoms with Crippen LogP contribution in [0.25, 0.3) is 11.0 Å². The molecule has 0 spiro atoms. The molecule has 1 aliphatic carbocycles. The van der Waals surface area contributed by atoms with Gasteiger partial charge < -0.3 is 21.1 Å². The van der Waals surface area contributed by atoms with Gasteiger partial charge in [-0.1, -0.05) is 23.2 Å². The normalized spacial score (nSPS) is 18.6. The molecule has 4 N–H and O–H groups in total. The Morgan fingerprint density at radius 1 is 1.10 bits per heavy atom. The zero-order valence-electron chi connectivity index (χ0n) is 16.7. The number of carbonyl (C=O) groups is 1. The summed E-state index contributed by atoms with van der Waals surface area (Å²) in [5, 5.41) is 19.4. The van der Waals surface area contributed by atoms with Crippen LogP contribution in [0, 0.1) is 0 Å². The lowest BCUT2D eigenvalue weighted by Gasteiger charge is -2.26. The van der Waals surface area contributed by atoms with Crippen LogP contribution < -0.4 is 16.0 Å². The maximum atomic E-state index is 11.3. The molecule has 4 rings (SSSR count). The minimum atomic E-state index is -0.268. The molecule has 0 unspecified atom stereocenters. The maximum Gasteiger partial charge on any atom is 0.223 e. The van der Waals surface area contributed by atoms with Crippen LogP contribution in [-0.2, 0) is 4.79 Å². The van der Waals surface area contributed by atoms with E-state index in [4.69, 9.17) is 23.2 Å². The number of halogens is 2. The molecule has 0 atom stereocenters. The molecule has 0 saturated heterocycles. The van der Waals surface area contributed by atoms with Crippen LogP contribution in [0.2, 0.25) is 10.0 Å². The van der Waals surface area contributed by atoms with E-state index in [0.29, 0.717) is 44.2 Å². The van der Waals surface area contributed by atoms with Crippen molar-refractivity contribution in [3.8, 4) is 0 Å². The summed E-state index contributed by atoms with van der Waals surface area (Å²) in [5.74, 6) is 0.674. The first kappa shape index (κ1) is 21.5. The SMILES string of the molecule is CC(=O)Nc1c(Cl)cc(Nc2ncnc3cnc(NC4CCC(O)CC4)nc23)cc1Cl. The second-order valence-electron chi connectivity index (χ2n) is 7.42. The van der Waals surface area contributed by atoms with Gasteiger partial charge in [0.1, 0.15) is 17.4 Å². The third-order valence-electron chi connectivity index (χ3n) is 5.01.